The minimum absolute atomic E-state index is 0.454. The second-order valence-corrected chi connectivity index (χ2v) is 6.87. The largest absolute Gasteiger partial charge is 0.358 e. The molecular formula is C20H27N3O2. The van der Waals surface area contributed by atoms with Gasteiger partial charge >= 0.3 is 0 Å². The third-order valence-electron chi connectivity index (χ3n) is 4.96. The number of ketones is 1. The van der Waals surface area contributed by atoms with Gasteiger partial charge in [0.05, 0.1) is 5.56 Å². The zero-order chi connectivity index (χ0) is 17.6. The van der Waals surface area contributed by atoms with E-state index in [-0.39, 0.29) is 0 Å². The van der Waals surface area contributed by atoms with Crippen molar-refractivity contribution in [3.63, 3.8) is 0 Å². The highest BCUT2D eigenvalue weighted by molar-refractivity contribution is 6.45. The summed E-state index contributed by atoms with van der Waals surface area (Å²) in [5.41, 5.74) is 2.11. The maximum atomic E-state index is 12.5. The van der Waals surface area contributed by atoms with Crippen molar-refractivity contribution in [2.45, 2.75) is 39.0 Å². The molecular weight excluding hydrogens is 314 g/mol. The lowest BCUT2D eigenvalue weighted by Crippen LogP contribution is -2.34. The van der Waals surface area contributed by atoms with E-state index in [1.54, 1.807) is 0 Å². The molecule has 1 saturated heterocycles. The standard InChI is InChI=1S/C20H27N3O2/c1-15-18(16-9-4-5-10-17(16)22-15)19(24)20(25)21-11-8-14-23-12-6-2-3-7-13-23/h4-5,9-10,22H,2-3,6-8,11-14H2,1H3,(H,21,25). The number of hydrogen-bond donors (Lipinski definition) is 2. The summed E-state index contributed by atoms with van der Waals surface area (Å²) in [7, 11) is 0. The molecule has 3 rings (SSSR count). The minimum Gasteiger partial charge on any atom is -0.358 e. The van der Waals surface area contributed by atoms with Crippen LogP contribution in [-0.4, -0.2) is 47.8 Å². The molecule has 1 aliphatic rings. The predicted octanol–water partition coefficient (Wildman–Crippen LogP) is 3.04. The quantitative estimate of drug-likeness (QED) is 0.482. The fraction of sp³-hybridized carbons (Fsp3) is 0.500. The van der Waals surface area contributed by atoms with E-state index < -0.39 is 11.7 Å². The first kappa shape index (κ1) is 17.7. The van der Waals surface area contributed by atoms with Crippen LogP contribution in [0.2, 0.25) is 0 Å². The summed E-state index contributed by atoms with van der Waals surface area (Å²) in [6.45, 7) is 5.67. The van der Waals surface area contributed by atoms with Crippen molar-refractivity contribution in [1.29, 1.82) is 0 Å². The smallest absolute Gasteiger partial charge is 0.292 e. The molecule has 2 aromatic rings. The monoisotopic (exact) mass is 341 g/mol. The molecule has 0 radical (unpaired) electrons. The topological polar surface area (TPSA) is 65.2 Å². The lowest BCUT2D eigenvalue weighted by Gasteiger charge is -2.19. The van der Waals surface area contributed by atoms with Crippen LogP contribution in [0.4, 0.5) is 0 Å². The van der Waals surface area contributed by atoms with Crippen LogP contribution < -0.4 is 5.32 Å². The number of aryl methyl sites for hydroxylation is 1. The van der Waals surface area contributed by atoms with Gasteiger partial charge in [0.1, 0.15) is 0 Å². The van der Waals surface area contributed by atoms with Gasteiger partial charge in [0.2, 0.25) is 0 Å². The average molecular weight is 341 g/mol. The molecule has 0 saturated carbocycles. The molecule has 1 aliphatic heterocycles. The number of Topliss-reactive ketones (excluding diaryl/α,β-unsaturated/α-hetero) is 1. The first-order chi connectivity index (χ1) is 12.2. The summed E-state index contributed by atoms with van der Waals surface area (Å²) in [6, 6.07) is 7.58. The Labute approximate surface area is 148 Å². The number of nitrogens with one attached hydrogen (secondary N) is 2. The molecule has 25 heavy (non-hydrogen) atoms. The van der Waals surface area contributed by atoms with Crippen LogP contribution >= 0.6 is 0 Å². The number of aromatic nitrogens is 1. The predicted molar refractivity (Wildman–Crippen MR) is 99.9 cm³/mol. The zero-order valence-corrected chi connectivity index (χ0v) is 14.9. The summed E-state index contributed by atoms with van der Waals surface area (Å²) in [4.78, 5) is 30.4. The first-order valence-corrected chi connectivity index (χ1v) is 9.29. The van der Waals surface area contributed by atoms with E-state index in [1.165, 1.54) is 25.7 Å². The lowest BCUT2D eigenvalue weighted by molar-refractivity contribution is -0.117. The van der Waals surface area contributed by atoms with Gasteiger partial charge in [0, 0.05) is 23.1 Å². The van der Waals surface area contributed by atoms with Crippen LogP contribution in [0.5, 0.6) is 0 Å². The Kier molecular flexibility index (Phi) is 5.87. The van der Waals surface area contributed by atoms with Crippen molar-refractivity contribution < 1.29 is 9.59 Å². The van der Waals surface area contributed by atoms with E-state index in [2.05, 4.69) is 15.2 Å². The van der Waals surface area contributed by atoms with E-state index in [0.29, 0.717) is 12.1 Å². The lowest BCUT2D eigenvalue weighted by atomic mass is 10.1. The van der Waals surface area contributed by atoms with Gasteiger partial charge in [-0.2, -0.15) is 0 Å². The average Bonchev–Trinajstić information content (AvgIpc) is 2.77. The van der Waals surface area contributed by atoms with E-state index in [4.69, 9.17) is 0 Å². The highest BCUT2D eigenvalue weighted by atomic mass is 16.2. The summed E-state index contributed by atoms with van der Waals surface area (Å²) in [6.07, 6.45) is 6.07. The fourth-order valence-corrected chi connectivity index (χ4v) is 3.63. The Hall–Kier alpha value is -2.14. The second-order valence-electron chi connectivity index (χ2n) is 6.87. The normalized spacial score (nSPS) is 15.9. The molecule has 5 nitrogen and oxygen atoms in total. The van der Waals surface area contributed by atoms with E-state index in [9.17, 15) is 9.59 Å². The highest BCUT2D eigenvalue weighted by Crippen LogP contribution is 2.22. The first-order valence-electron chi connectivity index (χ1n) is 9.29. The maximum Gasteiger partial charge on any atom is 0.292 e. The van der Waals surface area contributed by atoms with Gasteiger partial charge in [0.15, 0.2) is 0 Å². The summed E-state index contributed by atoms with van der Waals surface area (Å²) in [5.74, 6) is -0.964. The molecule has 2 N–H and O–H groups in total. The Morgan fingerprint density at radius 3 is 2.60 bits per heavy atom. The van der Waals surface area contributed by atoms with Gasteiger partial charge in [-0.3, -0.25) is 9.59 Å². The van der Waals surface area contributed by atoms with Crippen molar-refractivity contribution in [3.8, 4) is 0 Å². The number of benzene rings is 1. The number of para-hydroxylation sites is 1. The number of aromatic amines is 1. The van der Waals surface area contributed by atoms with Crippen molar-refractivity contribution in [3.05, 3.63) is 35.5 Å². The van der Waals surface area contributed by atoms with Gasteiger partial charge in [-0.15, -0.1) is 0 Å². The van der Waals surface area contributed by atoms with Gasteiger partial charge in [0.25, 0.3) is 11.7 Å². The number of carbonyl (C=O) groups is 2. The third kappa shape index (κ3) is 4.28. The number of fused-ring (bicyclic) bond motifs is 1. The minimum atomic E-state index is -0.510. The number of amides is 1. The highest BCUT2D eigenvalue weighted by Gasteiger charge is 2.22. The maximum absolute atomic E-state index is 12.5. The van der Waals surface area contributed by atoms with Gasteiger partial charge < -0.3 is 15.2 Å². The Balaban J connectivity index is 1.52. The van der Waals surface area contributed by atoms with Gasteiger partial charge in [-0.25, -0.2) is 0 Å². The molecule has 134 valence electrons. The van der Waals surface area contributed by atoms with Gasteiger partial charge in [-0.05, 0) is 51.9 Å². The molecule has 0 spiro atoms. The SMILES string of the molecule is Cc1[nH]c2ccccc2c1C(=O)C(=O)NCCCN1CCCCCC1. The second kappa shape index (κ2) is 8.30. The molecule has 0 aliphatic carbocycles. The van der Waals surface area contributed by atoms with Crippen LogP contribution in [0.3, 0.4) is 0 Å². The molecule has 5 heteroatoms. The van der Waals surface area contributed by atoms with Crippen LogP contribution in [0.1, 0.15) is 48.2 Å². The van der Waals surface area contributed by atoms with E-state index in [1.807, 2.05) is 31.2 Å². The molecule has 1 aromatic heterocycles. The van der Waals surface area contributed by atoms with E-state index >= 15 is 0 Å². The molecule has 1 aromatic carbocycles. The van der Waals surface area contributed by atoms with Crippen molar-refractivity contribution in [1.82, 2.24) is 15.2 Å². The Morgan fingerprint density at radius 1 is 1.12 bits per heavy atom. The van der Waals surface area contributed by atoms with Crippen molar-refractivity contribution >= 4 is 22.6 Å². The van der Waals surface area contributed by atoms with Crippen LogP contribution in [0.25, 0.3) is 10.9 Å². The number of nitrogens with zero attached hydrogens (tertiary/aromatic N) is 1. The number of rotatable bonds is 6. The third-order valence-corrected chi connectivity index (χ3v) is 4.96. The van der Waals surface area contributed by atoms with Gasteiger partial charge in [-0.1, -0.05) is 31.0 Å². The fourth-order valence-electron chi connectivity index (χ4n) is 3.63. The van der Waals surface area contributed by atoms with E-state index in [0.717, 1.165) is 42.7 Å². The van der Waals surface area contributed by atoms with Crippen molar-refractivity contribution in [2.24, 2.45) is 0 Å². The Bertz CT molecular complexity index is 742. The summed E-state index contributed by atoms with van der Waals surface area (Å²) in [5, 5.41) is 3.60. The number of likely N-dealkylation sites (tertiary alicyclic amines) is 1. The van der Waals surface area contributed by atoms with Crippen molar-refractivity contribution in [2.75, 3.05) is 26.2 Å². The van der Waals surface area contributed by atoms with Crippen LogP contribution in [-0.2, 0) is 4.79 Å². The molecule has 0 atom stereocenters. The molecule has 0 bridgehead atoms. The zero-order valence-electron chi connectivity index (χ0n) is 14.9. The van der Waals surface area contributed by atoms with Crippen LogP contribution in [0.15, 0.2) is 24.3 Å². The van der Waals surface area contributed by atoms with Crippen LogP contribution in [0, 0.1) is 6.92 Å². The Morgan fingerprint density at radius 2 is 1.84 bits per heavy atom. The molecule has 1 fully saturated rings. The number of H-pyrrole nitrogens is 1. The number of carbonyl (C=O) groups excluding carboxylic acids is 2. The molecule has 2 heterocycles. The summed E-state index contributed by atoms with van der Waals surface area (Å²) < 4.78 is 0. The number of hydrogen-bond acceptors (Lipinski definition) is 3. The molecule has 0 unspecified atom stereocenters. The summed E-state index contributed by atoms with van der Waals surface area (Å²) >= 11 is 0. The molecule has 1 amide bonds.